The first-order valence-electron chi connectivity index (χ1n) is 2.84. The summed E-state index contributed by atoms with van der Waals surface area (Å²) in [6.07, 6.45) is -8.84. The lowest BCUT2D eigenvalue weighted by atomic mass is 10.8. The van der Waals surface area contributed by atoms with E-state index in [0.29, 0.717) is 0 Å². The SMILES string of the molecule is FC(F)(F)C[SiH2]CC(F)(F)F. The van der Waals surface area contributed by atoms with Gasteiger partial charge in [-0.25, -0.2) is 0 Å². The van der Waals surface area contributed by atoms with Crippen LogP contribution in [0.5, 0.6) is 0 Å². The Bertz CT molecular complexity index is 98.7. The van der Waals surface area contributed by atoms with E-state index in [2.05, 4.69) is 0 Å². The number of hydrogen-bond acceptors (Lipinski definition) is 0. The van der Waals surface area contributed by atoms with E-state index in [0.717, 1.165) is 0 Å². The van der Waals surface area contributed by atoms with Crippen LogP contribution in [0.4, 0.5) is 26.3 Å². The van der Waals surface area contributed by atoms with Crippen molar-refractivity contribution in [2.45, 2.75) is 24.4 Å². The lowest BCUT2D eigenvalue weighted by Gasteiger charge is -2.06. The van der Waals surface area contributed by atoms with Gasteiger partial charge in [-0.1, -0.05) is 0 Å². The smallest absolute Gasteiger partial charge is 0.172 e. The van der Waals surface area contributed by atoms with Crippen molar-refractivity contribution in [3.05, 3.63) is 0 Å². The quantitative estimate of drug-likeness (QED) is 0.468. The summed E-state index contributed by atoms with van der Waals surface area (Å²) in [5, 5.41) is 0. The van der Waals surface area contributed by atoms with Crippen LogP contribution in [0.15, 0.2) is 0 Å². The maximum Gasteiger partial charge on any atom is 0.386 e. The average Bonchev–Trinajstić information content (AvgIpc) is 1.55. The van der Waals surface area contributed by atoms with Crippen LogP contribution in [-0.2, 0) is 0 Å². The second-order valence-corrected chi connectivity index (χ2v) is 3.79. The number of alkyl halides is 6. The van der Waals surface area contributed by atoms with Crippen molar-refractivity contribution in [2.24, 2.45) is 0 Å². The molecule has 0 spiro atoms. The van der Waals surface area contributed by atoms with Gasteiger partial charge in [0.25, 0.3) is 0 Å². The molecule has 0 saturated heterocycles. The summed E-state index contributed by atoms with van der Waals surface area (Å²) in [4.78, 5) is 0. The molecule has 0 radical (unpaired) electrons. The highest BCUT2D eigenvalue weighted by atomic mass is 28.2. The average molecular weight is 196 g/mol. The van der Waals surface area contributed by atoms with Crippen LogP contribution >= 0.6 is 0 Å². The minimum Gasteiger partial charge on any atom is -0.172 e. The van der Waals surface area contributed by atoms with Crippen molar-refractivity contribution < 1.29 is 26.3 Å². The number of halogens is 6. The predicted molar refractivity (Wildman–Crippen MR) is 30.3 cm³/mol. The molecule has 0 atom stereocenters. The van der Waals surface area contributed by atoms with Crippen LogP contribution < -0.4 is 0 Å². The van der Waals surface area contributed by atoms with Crippen molar-refractivity contribution in [1.82, 2.24) is 0 Å². The largest absolute Gasteiger partial charge is 0.386 e. The Morgan fingerprint density at radius 3 is 1.18 bits per heavy atom. The van der Waals surface area contributed by atoms with Gasteiger partial charge in [-0.3, -0.25) is 0 Å². The zero-order chi connectivity index (χ0) is 9.12. The normalized spacial score (nSPS) is 13.6. The minimum absolute atomic E-state index is 1.23. The molecule has 0 saturated carbocycles. The van der Waals surface area contributed by atoms with Crippen LogP contribution in [0, 0.1) is 0 Å². The molecule has 0 aromatic rings. The van der Waals surface area contributed by atoms with E-state index >= 15 is 0 Å². The van der Waals surface area contributed by atoms with Gasteiger partial charge >= 0.3 is 12.4 Å². The highest BCUT2D eigenvalue weighted by Crippen LogP contribution is 2.25. The van der Waals surface area contributed by atoms with Crippen molar-refractivity contribution in [3.63, 3.8) is 0 Å². The maximum absolute atomic E-state index is 11.3. The fraction of sp³-hybridized carbons (Fsp3) is 1.00. The molecular formula is C4H6F6Si. The third kappa shape index (κ3) is 9.80. The fourth-order valence-corrected chi connectivity index (χ4v) is 1.47. The highest BCUT2D eigenvalue weighted by Gasteiger charge is 2.32. The molecule has 68 valence electrons. The molecule has 7 heteroatoms. The van der Waals surface area contributed by atoms with Crippen molar-refractivity contribution in [3.8, 4) is 0 Å². The topological polar surface area (TPSA) is 0 Å². The highest BCUT2D eigenvalue weighted by molar-refractivity contribution is 6.35. The van der Waals surface area contributed by atoms with E-state index in [1.807, 2.05) is 0 Å². The predicted octanol–water partition coefficient (Wildman–Crippen LogP) is 2.12. The van der Waals surface area contributed by atoms with Crippen LogP contribution in [0.2, 0.25) is 12.1 Å². The molecule has 0 aliphatic carbocycles. The fourth-order valence-electron chi connectivity index (χ4n) is 0.489. The monoisotopic (exact) mass is 196 g/mol. The number of rotatable bonds is 2. The maximum atomic E-state index is 11.3. The Balaban J connectivity index is 3.44. The van der Waals surface area contributed by atoms with Gasteiger partial charge in [0.15, 0.2) is 0 Å². The standard InChI is InChI=1S/C4H6F6Si/c5-3(6,7)1-11-2-4(8,9)10/h1-2,11H2. The first kappa shape index (κ1) is 10.8. The summed E-state index contributed by atoms with van der Waals surface area (Å²) in [6.45, 7) is 0. The first-order valence-corrected chi connectivity index (χ1v) is 4.84. The molecule has 0 aromatic carbocycles. The summed E-state index contributed by atoms with van der Waals surface area (Å²) in [7, 11) is -2.05. The van der Waals surface area contributed by atoms with Crippen LogP contribution in [-0.4, -0.2) is 21.9 Å². The lowest BCUT2D eigenvalue weighted by molar-refractivity contribution is -0.116. The Morgan fingerprint density at radius 1 is 0.727 bits per heavy atom. The molecule has 0 nitrogen and oxygen atoms in total. The van der Waals surface area contributed by atoms with Gasteiger partial charge < -0.3 is 0 Å². The summed E-state index contributed by atoms with van der Waals surface area (Å²) in [5.74, 6) is 0. The first-order chi connectivity index (χ1) is 4.71. The minimum atomic E-state index is -4.42. The summed E-state index contributed by atoms with van der Waals surface area (Å²) >= 11 is 0. The molecular weight excluding hydrogens is 190 g/mol. The van der Waals surface area contributed by atoms with E-state index in [9.17, 15) is 26.3 Å². The zero-order valence-electron chi connectivity index (χ0n) is 5.39. The van der Waals surface area contributed by atoms with Crippen molar-refractivity contribution in [2.75, 3.05) is 0 Å². The Morgan fingerprint density at radius 2 is 1.00 bits per heavy atom. The third-order valence-corrected chi connectivity index (χ3v) is 2.76. The molecule has 0 bridgehead atoms. The Kier molecular flexibility index (Phi) is 3.40. The molecule has 0 aromatic heterocycles. The van der Waals surface area contributed by atoms with E-state index in [4.69, 9.17) is 0 Å². The summed E-state index contributed by atoms with van der Waals surface area (Å²) in [5.41, 5.74) is 0. The van der Waals surface area contributed by atoms with Crippen molar-refractivity contribution >= 4 is 9.52 Å². The summed E-state index contributed by atoms with van der Waals surface area (Å²) < 4.78 is 67.8. The van der Waals surface area contributed by atoms with Gasteiger partial charge in [0.2, 0.25) is 0 Å². The van der Waals surface area contributed by atoms with Gasteiger partial charge in [-0.15, -0.1) is 0 Å². The van der Waals surface area contributed by atoms with Gasteiger partial charge in [0.1, 0.15) is 0 Å². The second-order valence-electron chi connectivity index (χ2n) is 2.08. The summed E-state index contributed by atoms with van der Waals surface area (Å²) in [6, 6.07) is -2.46. The van der Waals surface area contributed by atoms with E-state index in [1.165, 1.54) is 0 Å². The molecule has 0 aliphatic heterocycles. The van der Waals surface area contributed by atoms with Crippen LogP contribution in [0.25, 0.3) is 0 Å². The van der Waals surface area contributed by atoms with E-state index in [1.54, 1.807) is 0 Å². The molecule has 0 amide bonds. The van der Waals surface area contributed by atoms with E-state index < -0.39 is 34.0 Å². The van der Waals surface area contributed by atoms with Gasteiger partial charge in [-0.2, -0.15) is 26.3 Å². The van der Waals surface area contributed by atoms with Gasteiger partial charge in [0, 0.05) is 21.6 Å². The molecule has 11 heavy (non-hydrogen) atoms. The van der Waals surface area contributed by atoms with Crippen LogP contribution in [0.1, 0.15) is 0 Å². The number of hydrogen-bond donors (Lipinski definition) is 0. The lowest BCUT2D eigenvalue weighted by Crippen LogP contribution is -2.16. The van der Waals surface area contributed by atoms with Crippen LogP contribution in [0.3, 0.4) is 0 Å². The van der Waals surface area contributed by atoms with Gasteiger partial charge in [-0.05, 0) is 0 Å². The molecule has 0 unspecified atom stereocenters. The third-order valence-electron chi connectivity index (χ3n) is 0.921. The second kappa shape index (κ2) is 3.46. The molecule has 0 rings (SSSR count). The Labute approximate surface area is 61.4 Å². The van der Waals surface area contributed by atoms with Gasteiger partial charge in [0.05, 0.1) is 0 Å². The van der Waals surface area contributed by atoms with Crippen molar-refractivity contribution in [1.29, 1.82) is 0 Å². The molecule has 0 aliphatic rings. The van der Waals surface area contributed by atoms with E-state index in [-0.39, 0.29) is 0 Å². The molecule has 0 N–H and O–H groups in total. The Hall–Kier alpha value is -0.203. The molecule has 0 fully saturated rings. The zero-order valence-corrected chi connectivity index (χ0v) is 6.80. The molecule has 0 heterocycles.